The summed E-state index contributed by atoms with van der Waals surface area (Å²) >= 11 is 0. The maximum atomic E-state index is 12.2. The molecule has 4 heteroatoms. The third-order valence-corrected chi connectivity index (χ3v) is 4.09. The van der Waals surface area contributed by atoms with E-state index in [4.69, 9.17) is 15.2 Å². The number of benzene rings is 1. The summed E-state index contributed by atoms with van der Waals surface area (Å²) in [5, 5.41) is 0. The lowest BCUT2D eigenvalue weighted by Gasteiger charge is -2.28. The molecule has 0 bridgehead atoms. The number of para-hydroxylation sites is 1. The van der Waals surface area contributed by atoms with Gasteiger partial charge in [-0.15, -0.1) is 0 Å². The number of rotatable bonds is 4. The number of nitrogen functional groups attached to an aromatic ring is 1. The molecule has 1 aromatic carbocycles. The Balaban J connectivity index is 2.05. The summed E-state index contributed by atoms with van der Waals surface area (Å²) in [6, 6.07) is 5.17. The van der Waals surface area contributed by atoms with Crippen molar-refractivity contribution < 1.29 is 14.3 Å². The van der Waals surface area contributed by atoms with E-state index in [0.717, 1.165) is 25.7 Å². The van der Waals surface area contributed by atoms with Crippen molar-refractivity contribution in [2.75, 3.05) is 12.8 Å². The minimum Gasteiger partial charge on any atom is -0.495 e. The third kappa shape index (κ3) is 3.24. The molecule has 2 rings (SSSR count). The molecule has 2 unspecified atom stereocenters. The van der Waals surface area contributed by atoms with E-state index in [-0.39, 0.29) is 12.1 Å². The molecule has 110 valence electrons. The first-order chi connectivity index (χ1) is 9.65. The molecular weight excluding hydrogens is 254 g/mol. The number of hydrogen-bond acceptors (Lipinski definition) is 4. The molecule has 1 aliphatic carbocycles. The van der Waals surface area contributed by atoms with Crippen LogP contribution in [0.4, 0.5) is 5.69 Å². The molecule has 0 aliphatic heterocycles. The number of hydrogen-bond donors (Lipinski definition) is 1. The summed E-state index contributed by atoms with van der Waals surface area (Å²) in [5.41, 5.74) is 6.67. The largest absolute Gasteiger partial charge is 0.495 e. The minimum absolute atomic E-state index is 0.0202. The second kappa shape index (κ2) is 6.64. The van der Waals surface area contributed by atoms with Crippen LogP contribution in [0.1, 0.15) is 49.4 Å². The Kier molecular flexibility index (Phi) is 4.88. The van der Waals surface area contributed by atoms with Crippen LogP contribution in [0.25, 0.3) is 0 Å². The smallest absolute Gasteiger partial charge is 0.340 e. The average Bonchev–Trinajstić information content (AvgIpc) is 2.47. The summed E-state index contributed by atoms with van der Waals surface area (Å²) in [4.78, 5) is 12.2. The zero-order valence-electron chi connectivity index (χ0n) is 12.2. The standard InChI is InChI=1S/C16H23NO3/c1-3-11-6-4-7-12(10-11)20-16(18)13-8-5-9-14(19-2)15(13)17/h5,8-9,11-12H,3-4,6-7,10,17H2,1-2H3. The zero-order valence-corrected chi connectivity index (χ0v) is 12.2. The lowest BCUT2D eigenvalue weighted by molar-refractivity contribution is 0.0141. The Morgan fingerprint density at radius 1 is 1.40 bits per heavy atom. The Morgan fingerprint density at radius 2 is 2.20 bits per heavy atom. The second-order valence-electron chi connectivity index (χ2n) is 5.39. The van der Waals surface area contributed by atoms with E-state index in [9.17, 15) is 4.79 Å². The van der Waals surface area contributed by atoms with Gasteiger partial charge in [0, 0.05) is 0 Å². The van der Waals surface area contributed by atoms with Crippen LogP contribution in [0.15, 0.2) is 18.2 Å². The molecule has 0 radical (unpaired) electrons. The first-order valence-corrected chi connectivity index (χ1v) is 7.29. The molecule has 1 fully saturated rings. The van der Waals surface area contributed by atoms with Crippen LogP contribution < -0.4 is 10.5 Å². The van der Waals surface area contributed by atoms with Gasteiger partial charge in [0.1, 0.15) is 11.9 Å². The van der Waals surface area contributed by atoms with Gasteiger partial charge in [0.15, 0.2) is 0 Å². The molecule has 0 heterocycles. The predicted molar refractivity (Wildman–Crippen MR) is 78.9 cm³/mol. The van der Waals surface area contributed by atoms with Crippen molar-refractivity contribution >= 4 is 11.7 Å². The van der Waals surface area contributed by atoms with Crippen LogP contribution in [0.2, 0.25) is 0 Å². The molecule has 1 saturated carbocycles. The zero-order chi connectivity index (χ0) is 14.5. The van der Waals surface area contributed by atoms with Crippen LogP contribution in [0, 0.1) is 5.92 Å². The van der Waals surface area contributed by atoms with Gasteiger partial charge >= 0.3 is 5.97 Å². The minimum atomic E-state index is -0.344. The summed E-state index contributed by atoms with van der Waals surface area (Å²) in [5.74, 6) is 0.835. The van der Waals surface area contributed by atoms with Crippen molar-refractivity contribution in [3.05, 3.63) is 23.8 Å². The van der Waals surface area contributed by atoms with Gasteiger partial charge in [0.25, 0.3) is 0 Å². The lowest BCUT2D eigenvalue weighted by atomic mass is 9.85. The highest BCUT2D eigenvalue weighted by atomic mass is 16.5. The highest BCUT2D eigenvalue weighted by Crippen LogP contribution is 2.30. The fraction of sp³-hybridized carbons (Fsp3) is 0.562. The van der Waals surface area contributed by atoms with Crippen LogP contribution in [0.3, 0.4) is 0 Å². The topological polar surface area (TPSA) is 61.5 Å². The molecule has 0 saturated heterocycles. The number of anilines is 1. The van der Waals surface area contributed by atoms with Crippen LogP contribution in [-0.4, -0.2) is 19.2 Å². The highest BCUT2D eigenvalue weighted by molar-refractivity contribution is 5.96. The van der Waals surface area contributed by atoms with Crippen molar-refractivity contribution in [2.24, 2.45) is 5.92 Å². The van der Waals surface area contributed by atoms with Crippen molar-refractivity contribution in [3.8, 4) is 5.75 Å². The fourth-order valence-corrected chi connectivity index (χ4v) is 2.83. The van der Waals surface area contributed by atoms with Crippen molar-refractivity contribution in [2.45, 2.75) is 45.1 Å². The molecular formula is C16H23NO3. The summed E-state index contributed by atoms with van der Waals surface area (Å²) in [6.45, 7) is 2.19. The van der Waals surface area contributed by atoms with E-state index in [0.29, 0.717) is 22.9 Å². The number of methoxy groups -OCH3 is 1. The van der Waals surface area contributed by atoms with Crippen LogP contribution >= 0.6 is 0 Å². The normalized spacial score (nSPS) is 22.3. The summed E-state index contributed by atoms with van der Waals surface area (Å²) in [6.07, 6.45) is 5.45. The van der Waals surface area contributed by atoms with E-state index in [1.54, 1.807) is 18.2 Å². The number of esters is 1. The van der Waals surface area contributed by atoms with Gasteiger partial charge in [-0.2, -0.15) is 0 Å². The first-order valence-electron chi connectivity index (χ1n) is 7.29. The molecule has 0 spiro atoms. The van der Waals surface area contributed by atoms with Crippen molar-refractivity contribution in [1.82, 2.24) is 0 Å². The maximum Gasteiger partial charge on any atom is 0.340 e. The van der Waals surface area contributed by atoms with Gasteiger partial charge in [-0.3, -0.25) is 0 Å². The lowest BCUT2D eigenvalue weighted by Crippen LogP contribution is -2.25. The van der Waals surface area contributed by atoms with Gasteiger partial charge in [-0.1, -0.05) is 25.8 Å². The second-order valence-corrected chi connectivity index (χ2v) is 5.39. The summed E-state index contributed by atoms with van der Waals surface area (Å²) in [7, 11) is 1.54. The number of ether oxygens (including phenoxy) is 2. The van der Waals surface area contributed by atoms with E-state index >= 15 is 0 Å². The maximum absolute atomic E-state index is 12.2. The summed E-state index contributed by atoms with van der Waals surface area (Å²) < 4.78 is 10.7. The molecule has 0 amide bonds. The Labute approximate surface area is 120 Å². The van der Waals surface area contributed by atoms with E-state index in [1.165, 1.54) is 13.5 Å². The van der Waals surface area contributed by atoms with E-state index < -0.39 is 0 Å². The Bertz CT molecular complexity index is 473. The van der Waals surface area contributed by atoms with Gasteiger partial charge in [0.05, 0.1) is 18.4 Å². The predicted octanol–water partition coefficient (Wildman–Crippen LogP) is 3.40. The first kappa shape index (κ1) is 14.7. The SMILES string of the molecule is CCC1CCCC(OC(=O)c2cccc(OC)c2N)C1. The number of nitrogens with two attached hydrogens (primary N) is 1. The fourth-order valence-electron chi connectivity index (χ4n) is 2.83. The quantitative estimate of drug-likeness (QED) is 0.676. The van der Waals surface area contributed by atoms with Crippen LogP contribution in [-0.2, 0) is 4.74 Å². The molecule has 0 aromatic heterocycles. The van der Waals surface area contributed by atoms with Crippen molar-refractivity contribution in [3.63, 3.8) is 0 Å². The van der Waals surface area contributed by atoms with Gasteiger partial charge in [-0.05, 0) is 37.3 Å². The molecule has 2 N–H and O–H groups in total. The number of carbonyl (C=O) groups excluding carboxylic acids is 1. The molecule has 20 heavy (non-hydrogen) atoms. The van der Waals surface area contributed by atoms with Gasteiger partial charge < -0.3 is 15.2 Å². The van der Waals surface area contributed by atoms with Crippen LogP contribution in [0.5, 0.6) is 5.75 Å². The van der Waals surface area contributed by atoms with Crippen molar-refractivity contribution in [1.29, 1.82) is 0 Å². The monoisotopic (exact) mass is 277 g/mol. The van der Waals surface area contributed by atoms with E-state index in [2.05, 4.69) is 6.92 Å². The molecule has 1 aromatic rings. The van der Waals surface area contributed by atoms with Gasteiger partial charge in [-0.25, -0.2) is 4.79 Å². The highest BCUT2D eigenvalue weighted by Gasteiger charge is 2.25. The number of carbonyl (C=O) groups is 1. The Hall–Kier alpha value is -1.71. The third-order valence-electron chi connectivity index (χ3n) is 4.09. The molecule has 2 atom stereocenters. The Morgan fingerprint density at radius 3 is 2.90 bits per heavy atom. The molecule has 1 aliphatic rings. The van der Waals surface area contributed by atoms with E-state index in [1.807, 2.05) is 0 Å². The van der Waals surface area contributed by atoms with Gasteiger partial charge in [0.2, 0.25) is 0 Å². The molecule has 4 nitrogen and oxygen atoms in total. The average molecular weight is 277 g/mol.